The van der Waals surface area contributed by atoms with E-state index in [1.54, 1.807) is 24.3 Å². The summed E-state index contributed by atoms with van der Waals surface area (Å²) in [6.07, 6.45) is 1.66. The lowest BCUT2D eigenvalue weighted by Crippen LogP contribution is -2.23. The third kappa shape index (κ3) is 4.26. The number of ether oxygens (including phenoxy) is 2. The van der Waals surface area contributed by atoms with Crippen LogP contribution in [0.15, 0.2) is 48.5 Å². The van der Waals surface area contributed by atoms with Gasteiger partial charge in [-0.2, -0.15) is 4.39 Å². The molecule has 3 aromatic carbocycles. The Labute approximate surface area is 185 Å². The first kappa shape index (κ1) is 22.4. The molecule has 0 N–H and O–H groups in total. The van der Waals surface area contributed by atoms with Crippen molar-refractivity contribution in [1.82, 2.24) is 0 Å². The van der Waals surface area contributed by atoms with Crippen molar-refractivity contribution >= 4 is 7.85 Å². The lowest BCUT2D eigenvalue weighted by molar-refractivity contribution is 0.0147. The zero-order valence-electron chi connectivity index (χ0n) is 17.5. The molecule has 0 aliphatic carbocycles. The van der Waals surface area contributed by atoms with Crippen LogP contribution in [0.2, 0.25) is 0 Å². The number of hydrogen-bond acceptors (Lipinski definition) is 2. The van der Waals surface area contributed by atoms with E-state index in [1.165, 1.54) is 24.3 Å². The number of rotatable bonds is 5. The maximum atomic E-state index is 14.9. The van der Waals surface area contributed by atoms with Gasteiger partial charge in [0.2, 0.25) is 5.82 Å². The molecule has 2 unspecified atom stereocenters. The molecular formula is C25H21BF4O2. The van der Waals surface area contributed by atoms with Crippen LogP contribution in [0.3, 0.4) is 0 Å². The van der Waals surface area contributed by atoms with Crippen molar-refractivity contribution in [2.45, 2.75) is 31.8 Å². The van der Waals surface area contributed by atoms with Gasteiger partial charge in [0.15, 0.2) is 23.2 Å². The second-order valence-electron chi connectivity index (χ2n) is 7.88. The van der Waals surface area contributed by atoms with E-state index in [0.717, 1.165) is 12.8 Å². The monoisotopic (exact) mass is 440 g/mol. The maximum absolute atomic E-state index is 14.9. The Kier molecular flexibility index (Phi) is 6.56. The van der Waals surface area contributed by atoms with Crippen LogP contribution in [0.1, 0.15) is 31.2 Å². The largest absolute Gasteiger partial charge is 0.500 e. The molecule has 32 heavy (non-hydrogen) atoms. The fourth-order valence-electron chi connectivity index (χ4n) is 4.02. The van der Waals surface area contributed by atoms with Gasteiger partial charge in [0.1, 0.15) is 7.85 Å². The average molecular weight is 440 g/mol. The first-order chi connectivity index (χ1) is 15.4. The molecule has 4 rings (SSSR count). The summed E-state index contributed by atoms with van der Waals surface area (Å²) < 4.78 is 68.7. The normalized spacial score (nSPS) is 18.5. The van der Waals surface area contributed by atoms with E-state index >= 15 is 0 Å². The highest BCUT2D eigenvalue weighted by atomic mass is 19.2. The number of halogens is 4. The molecule has 0 spiro atoms. The highest BCUT2D eigenvalue weighted by Crippen LogP contribution is 2.35. The fourth-order valence-corrected chi connectivity index (χ4v) is 4.02. The maximum Gasteiger partial charge on any atom is 0.201 e. The van der Waals surface area contributed by atoms with E-state index < -0.39 is 23.3 Å². The van der Waals surface area contributed by atoms with Gasteiger partial charge in [0, 0.05) is 23.6 Å². The van der Waals surface area contributed by atoms with Crippen LogP contribution in [0.4, 0.5) is 17.6 Å². The molecule has 164 valence electrons. The van der Waals surface area contributed by atoms with Crippen molar-refractivity contribution in [2.75, 3.05) is 13.1 Å². The Morgan fingerprint density at radius 2 is 1.41 bits per heavy atom. The molecule has 1 saturated heterocycles. The average Bonchev–Trinajstić information content (AvgIpc) is 2.80. The Balaban J connectivity index is 1.61. The number of benzene rings is 3. The van der Waals surface area contributed by atoms with Gasteiger partial charge in [-0.15, -0.1) is 0 Å². The van der Waals surface area contributed by atoms with Crippen molar-refractivity contribution in [3.63, 3.8) is 0 Å². The molecule has 0 bridgehead atoms. The van der Waals surface area contributed by atoms with Crippen LogP contribution in [0.5, 0.6) is 5.75 Å². The lowest BCUT2D eigenvalue weighted by atomic mass is 9.89. The third-order valence-corrected chi connectivity index (χ3v) is 5.85. The minimum absolute atomic E-state index is 0.0203. The summed E-state index contributed by atoms with van der Waals surface area (Å²) in [7, 11) is 5.21. The molecule has 0 aromatic heterocycles. The van der Waals surface area contributed by atoms with Gasteiger partial charge < -0.3 is 9.47 Å². The minimum Gasteiger partial charge on any atom is -0.500 e. The van der Waals surface area contributed by atoms with Crippen LogP contribution >= 0.6 is 0 Å². The van der Waals surface area contributed by atoms with Gasteiger partial charge in [-0.25, -0.2) is 13.2 Å². The predicted molar refractivity (Wildman–Crippen MR) is 116 cm³/mol. The second-order valence-corrected chi connectivity index (χ2v) is 7.88. The first-order valence-electron chi connectivity index (χ1n) is 10.4. The van der Waals surface area contributed by atoms with E-state index in [9.17, 15) is 17.6 Å². The zero-order chi connectivity index (χ0) is 22.8. The molecule has 0 saturated carbocycles. The molecule has 0 amide bonds. The topological polar surface area (TPSA) is 18.5 Å². The smallest absolute Gasteiger partial charge is 0.201 e. The summed E-state index contributed by atoms with van der Waals surface area (Å²) in [6, 6.07) is 11.9. The Morgan fingerprint density at radius 1 is 0.812 bits per heavy atom. The van der Waals surface area contributed by atoms with Gasteiger partial charge in [-0.3, -0.25) is 0 Å². The third-order valence-electron chi connectivity index (χ3n) is 5.85. The van der Waals surface area contributed by atoms with E-state index in [2.05, 4.69) is 0 Å². The molecule has 3 aromatic rings. The van der Waals surface area contributed by atoms with Gasteiger partial charge in [0.25, 0.3) is 0 Å². The van der Waals surface area contributed by atoms with E-state index in [0.29, 0.717) is 23.3 Å². The van der Waals surface area contributed by atoms with E-state index in [-0.39, 0.29) is 35.4 Å². The molecule has 2 radical (unpaired) electrons. The summed E-state index contributed by atoms with van der Waals surface area (Å²) >= 11 is 0. The highest BCUT2D eigenvalue weighted by molar-refractivity contribution is 6.08. The molecule has 1 aliphatic heterocycles. The zero-order valence-corrected chi connectivity index (χ0v) is 17.5. The Morgan fingerprint density at radius 3 is 1.97 bits per heavy atom. The van der Waals surface area contributed by atoms with Gasteiger partial charge in [-0.05, 0) is 48.6 Å². The van der Waals surface area contributed by atoms with Crippen molar-refractivity contribution in [3.05, 3.63) is 77.4 Å². The lowest BCUT2D eigenvalue weighted by Gasteiger charge is -2.27. The molecule has 2 atom stereocenters. The van der Waals surface area contributed by atoms with Crippen LogP contribution in [0.25, 0.3) is 22.3 Å². The summed E-state index contributed by atoms with van der Waals surface area (Å²) in [6.45, 7) is 2.05. The summed E-state index contributed by atoms with van der Waals surface area (Å²) in [5.41, 5.74) is 1.24. The molecular weight excluding hydrogens is 419 g/mol. The SMILES string of the molecule is [B]COc1ccc(-c2ccc(-c3ccc(C4CCC(C)OC4)c(F)c3F)cc2)c(F)c1F. The summed E-state index contributed by atoms with van der Waals surface area (Å²) in [4.78, 5) is 0. The fraction of sp³-hybridized carbons (Fsp3) is 0.280. The number of hydrogen-bond donors (Lipinski definition) is 0. The highest BCUT2D eigenvalue weighted by Gasteiger charge is 2.25. The molecule has 2 nitrogen and oxygen atoms in total. The molecule has 1 fully saturated rings. The van der Waals surface area contributed by atoms with Crippen molar-refractivity contribution in [1.29, 1.82) is 0 Å². The predicted octanol–water partition coefficient (Wildman–Crippen LogP) is 6.36. The van der Waals surface area contributed by atoms with Gasteiger partial charge in [0.05, 0.1) is 12.7 Å². The molecule has 1 heterocycles. The van der Waals surface area contributed by atoms with Crippen molar-refractivity contribution in [2.24, 2.45) is 0 Å². The molecule has 7 heteroatoms. The van der Waals surface area contributed by atoms with Crippen molar-refractivity contribution < 1.29 is 27.0 Å². The first-order valence-corrected chi connectivity index (χ1v) is 10.4. The van der Waals surface area contributed by atoms with Crippen molar-refractivity contribution in [3.8, 4) is 28.0 Å². The second kappa shape index (κ2) is 9.37. The van der Waals surface area contributed by atoms with E-state index in [4.69, 9.17) is 17.3 Å². The Bertz CT molecular complexity index is 1110. The van der Waals surface area contributed by atoms with Crippen LogP contribution in [0, 0.1) is 23.3 Å². The van der Waals surface area contributed by atoms with E-state index in [1.807, 2.05) is 6.92 Å². The molecule has 1 aliphatic rings. The summed E-state index contributed by atoms with van der Waals surface area (Å²) in [5.74, 6) is -4.48. The van der Waals surface area contributed by atoms with Crippen LogP contribution < -0.4 is 4.74 Å². The quantitative estimate of drug-likeness (QED) is 0.339. The van der Waals surface area contributed by atoms with Crippen LogP contribution in [-0.4, -0.2) is 27.1 Å². The summed E-state index contributed by atoms with van der Waals surface area (Å²) in [5, 5.41) is 0. The standard InChI is InChI=1S/C25H21BF4O2/c1-14-2-3-17(12-31-14)20-9-8-18(22(27)23(20)28)15-4-6-16(7-5-15)19-10-11-21(32-13-26)25(30)24(19)29/h4-11,14,17H,2-3,12-13H2,1H3. The van der Waals surface area contributed by atoms with Gasteiger partial charge in [-0.1, -0.05) is 36.4 Å². The van der Waals surface area contributed by atoms with Gasteiger partial charge >= 0.3 is 0 Å². The Hall–Kier alpha value is -2.80. The van der Waals surface area contributed by atoms with Crippen LogP contribution in [-0.2, 0) is 4.74 Å². The minimum atomic E-state index is -1.14.